The molecule has 0 saturated carbocycles. The van der Waals surface area contributed by atoms with Crippen LogP contribution in [0.4, 0.5) is 0 Å². The Morgan fingerprint density at radius 3 is 2.80 bits per heavy atom. The summed E-state index contributed by atoms with van der Waals surface area (Å²) in [7, 11) is 0. The fourth-order valence-corrected chi connectivity index (χ4v) is 3.53. The molecule has 104 valence electrons. The molecule has 3 nitrogen and oxygen atoms in total. The highest BCUT2D eigenvalue weighted by atomic mass is 32.1. The maximum atomic E-state index is 12.2. The number of thiophene rings is 1. The first-order chi connectivity index (χ1) is 9.44. The second-order valence-corrected chi connectivity index (χ2v) is 7.25. The molecule has 0 spiro atoms. The molecule has 0 aliphatic heterocycles. The van der Waals surface area contributed by atoms with Crippen LogP contribution in [0.5, 0.6) is 0 Å². The molecular formula is C16H17NO2S. The summed E-state index contributed by atoms with van der Waals surface area (Å²) in [5.74, 6) is 0.139. The number of Topliss-reactive ketones (excluding diaryl/α,β-unsaturated/α-hetero) is 1. The van der Waals surface area contributed by atoms with E-state index in [0.717, 1.165) is 17.0 Å². The largest absolute Gasteiger partial charge is 0.325 e. The lowest BCUT2D eigenvalue weighted by Crippen LogP contribution is -2.31. The predicted octanol–water partition coefficient (Wildman–Crippen LogP) is 3.18. The molecule has 0 atom stereocenters. The van der Waals surface area contributed by atoms with Gasteiger partial charge in [-0.1, -0.05) is 19.9 Å². The first kappa shape index (κ1) is 13.3. The molecule has 1 aliphatic rings. The number of fused-ring (bicyclic) bond motifs is 1. The molecule has 4 heteroatoms. The zero-order valence-electron chi connectivity index (χ0n) is 11.7. The van der Waals surface area contributed by atoms with Crippen molar-refractivity contribution in [1.82, 2.24) is 4.98 Å². The van der Waals surface area contributed by atoms with Crippen molar-refractivity contribution in [2.75, 3.05) is 0 Å². The molecule has 2 heterocycles. The summed E-state index contributed by atoms with van der Waals surface area (Å²) in [4.78, 5) is 28.5. The van der Waals surface area contributed by atoms with Crippen molar-refractivity contribution in [2.45, 2.75) is 33.1 Å². The van der Waals surface area contributed by atoms with E-state index in [-0.39, 0.29) is 16.8 Å². The van der Waals surface area contributed by atoms with Crippen LogP contribution < -0.4 is 5.56 Å². The second-order valence-electron chi connectivity index (χ2n) is 6.21. The van der Waals surface area contributed by atoms with Gasteiger partial charge < -0.3 is 4.98 Å². The second kappa shape index (κ2) is 4.70. The normalized spacial score (nSPS) is 17.0. The van der Waals surface area contributed by atoms with E-state index < -0.39 is 0 Å². The molecule has 0 amide bonds. The summed E-state index contributed by atoms with van der Waals surface area (Å²) in [5.41, 5.74) is 2.05. The van der Waals surface area contributed by atoms with Crippen LogP contribution in [0.1, 0.15) is 46.8 Å². The van der Waals surface area contributed by atoms with Crippen LogP contribution >= 0.6 is 11.3 Å². The van der Waals surface area contributed by atoms with Crippen molar-refractivity contribution in [3.05, 3.63) is 55.6 Å². The molecule has 2 aromatic heterocycles. The number of ketones is 1. The van der Waals surface area contributed by atoms with Crippen molar-refractivity contribution >= 4 is 17.1 Å². The molecular weight excluding hydrogens is 270 g/mol. The Hall–Kier alpha value is -1.68. The zero-order chi connectivity index (χ0) is 14.3. The van der Waals surface area contributed by atoms with Crippen LogP contribution in [0.15, 0.2) is 28.4 Å². The van der Waals surface area contributed by atoms with E-state index in [0.29, 0.717) is 24.0 Å². The quantitative estimate of drug-likeness (QED) is 0.922. The summed E-state index contributed by atoms with van der Waals surface area (Å²) in [6.07, 6.45) is 1.89. The third kappa shape index (κ3) is 2.48. The van der Waals surface area contributed by atoms with Crippen LogP contribution in [0.3, 0.4) is 0 Å². The Bertz CT molecular complexity index is 711. The van der Waals surface area contributed by atoms with Gasteiger partial charge in [0.05, 0.1) is 0 Å². The molecule has 0 radical (unpaired) electrons. The summed E-state index contributed by atoms with van der Waals surface area (Å²) >= 11 is 1.63. The van der Waals surface area contributed by atoms with Crippen molar-refractivity contribution in [3.63, 3.8) is 0 Å². The van der Waals surface area contributed by atoms with Gasteiger partial charge >= 0.3 is 0 Å². The number of carbonyl (C=O) groups is 1. The van der Waals surface area contributed by atoms with E-state index in [2.05, 4.69) is 18.8 Å². The van der Waals surface area contributed by atoms with Crippen molar-refractivity contribution in [3.8, 4) is 0 Å². The van der Waals surface area contributed by atoms with Gasteiger partial charge in [-0.3, -0.25) is 9.59 Å². The molecule has 20 heavy (non-hydrogen) atoms. The number of pyridine rings is 1. The lowest BCUT2D eigenvalue weighted by atomic mass is 9.75. The van der Waals surface area contributed by atoms with Gasteiger partial charge in [0.15, 0.2) is 5.78 Å². The van der Waals surface area contributed by atoms with Crippen molar-refractivity contribution in [2.24, 2.45) is 5.41 Å². The maximum Gasteiger partial charge on any atom is 0.251 e. The van der Waals surface area contributed by atoms with Gasteiger partial charge in [-0.2, -0.15) is 0 Å². The Kier molecular flexibility index (Phi) is 3.13. The van der Waals surface area contributed by atoms with Gasteiger partial charge in [-0.15, -0.1) is 11.3 Å². The third-order valence-electron chi connectivity index (χ3n) is 3.74. The number of hydrogen-bond donors (Lipinski definition) is 1. The average Bonchev–Trinajstić information content (AvgIpc) is 2.82. The highest BCUT2D eigenvalue weighted by molar-refractivity contribution is 7.09. The first-order valence-electron chi connectivity index (χ1n) is 6.75. The Labute approximate surface area is 121 Å². The van der Waals surface area contributed by atoms with Gasteiger partial charge in [0.1, 0.15) is 0 Å². The number of nitrogens with one attached hydrogen (secondary N) is 1. The third-order valence-corrected chi connectivity index (χ3v) is 4.62. The van der Waals surface area contributed by atoms with E-state index in [1.165, 1.54) is 0 Å². The molecule has 0 aromatic carbocycles. The molecule has 2 aromatic rings. The van der Waals surface area contributed by atoms with E-state index in [4.69, 9.17) is 0 Å². The number of rotatable bonds is 2. The summed E-state index contributed by atoms with van der Waals surface area (Å²) < 4.78 is 0. The minimum absolute atomic E-state index is 0.0670. The lowest BCUT2D eigenvalue weighted by Gasteiger charge is -2.29. The van der Waals surface area contributed by atoms with Crippen LogP contribution in [-0.4, -0.2) is 10.8 Å². The predicted molar refractivity (Wildman–Crippen MR) is 80.6 cm³/mol. The van der Waals surface area contributed by atoms with E-state index in [1.54, 1.807) is 17.4 Å². The van der Waals surface area contributed by atoms with Gasteiger partial charge in [-0.05, 0) is 29.3 Å². The first-order valence-corrected chi connectivity index (χ1v) is 7.63. The molecule has 1 aliphatic carbocycles. The van der Waals surface area contributed by atoms with Gasteiger partial charge in [0.2, 0.25) is 0 Å². The summed E-state index contributed by atoms with van der Waals surface area (Å²) in [6.45, 7) is 4.12. The van der Waals surface area contributed by atoms with Gasteiger partial charge in [0, 0.05) is 34.5 Å². The summed E-state index contributed by atoms with van der Waals surface area (Å²) in [6, 6.07) is 5.78. The monoisotopic (exact) mass is 287 g/mol. The molecule has 0 fully saturated rings. The van der Waals surface area contributed by atoms with E-state index in [9.17, 15) is 9.59 Å². The lowest BCUT2D eigenvalue weighted by molar-refractivity contribution is 0.0910. The molecule has 3 rings (SSSR count). The summed E-state index contributed by atoms with van der Waals surface area (Å²) in [5, 5.41) is 2.00. The minimum Gasteiger partial charge on any atom is -0.325 e. The fourth-order valence-electron chi connectivity index (χ4n) is 2.80. The average molecular weight is 287 g/mol. The number of carbonyl (C=O) groups excluding carboxylic acids is 1. The molecule has 0 unspecified atom stereocenters. The molecule has 0 bridgehead atoms. The van der Waals surface area contributed by atoms with Crippen LogP contribution in [0, 0.1) is 5.41 Å². The Balaban J connectivity index is 2.02. The zero-order valence-corrected chi connectivity index (χ0v) is 12.5. The van der Waals surface area contributed by atoms with E-state index in [1.807, 2.05) is 17.5 Å². The number of aromatic amines is 1. The Morgan fingerprint density at radius 1 is 1.30 bits per heavy atom. The van der Waals surface area contributed by atoms with Crippen LogP contribution in [0.25, 0.3) is 0 Å². The number of aromatic nitrogens is 1. The fraction of sp³-hybridized carbons (Fsp3) is 0.375. The number of H-pyrrole nitrogens is 1. The topological polar surface area (TPSA) is 49.9 Å². The molecule has 0 saturated heterocycles. The van der Waals surface area contributed by atoms with Gasteiger partial charge in [0.25, 0.3) is 5.56 Å². The number of hydrogen-bond acceptors (Lipinski definition) is 3. The van der Waals surface area contributed by atoms with Crippen LogP contribution in [-0.2, 0) is 12.8 Å². The van der Waals surface area contributed by atoms with Crippen LogP contribution in [0.2, 0.25) is 0 Å². The van der Waals surface area contributed by atoms with Crippen molar-refractivity contribution < 1.29 is 4.79 Å². The van der Waals surface area contributed by atoms with Gasteiger partial charge in [-0.25, -0.2) is 0 Å². The highest BCUT2D eigenvalue weighted by Gasteiger charge is 2.31. The highest BCUT2D eigenvalue weighted by Crippen LogP contribution is 2.33. The smallest absolute Gasteiger partial charge is 0.251 e. The van der Waals surface area contributed by atoms with E-state index >= 15 is 0 Å². The SMILES string of the molecule is CC1(C)CC(=O)c2cc(Cc3cccs3)c(=O)[nH]c2C1. The maximum absolute atomic E-state index is 12.2. The molecule has 1 N–H and O–H groups in total. The minimum atomic E-state index is -0.0672. The Morgan fingerprint density at radius 2 is 2.10 bits per heavy atom. The standard InChI is InChI=1S/C16H17NO2S/c1-16(2)8-13-12(14(18)9-16)7-10(15(19)17-13)6-11-4-3-5-20-11/h3-5,7H,6,8-9H2,1-2H3,(H,17,19). The van der Waals surface area contributed by atoms with Crippen molar-refractivity contribution in [1.29, 1.82) is 0 Å².